The number of hydrogen-bond acceptors (Lipinski definition) is 6. The lowest BCUT2D eigenvalue weighted by Gasteiger charge is -2.31. The quantitative estimate of drug-likeness (QED) is 0.530. The number of carbonyl (C=O) groups excluding carboxylic acids is 4. The highest BCUT2D eigenvalue weighted by Gasteiger charge is 2.44. The SMILES string of the molecule is CCN(C[C@H]1COc2ccccc2O1)C(=O)CN1C(=O)C(=O)N(CC)C1=O. The third kappa shape index (κ3) is 3.57. The van der Waals surface area contributed by atoms with Crippen LogP contribution in [0.1, 0.15) is 13.8 Å². The maximum absolute atomic E-state index is 12.6. The van der Waals surface area contributed by atoms with Crippen LogP contribution < -0.4 is 9.47 Å². The number of benzene rings is 1. The van der Waals surface area contributed by atoms with Crippen LogP contribution in [0.15, 0.2) is 24.3 Å². The number of amides is 5. The number of fused-ring (bicyclic) bond motifs is 1. The first kappa shape index (κ1) is 18.7. The van der Waals surface area contributed by atoms with Crippen molar-refractivity contribution in [2.45, 2.75) is 20.0 Å². The van der Waals surface area contributed by atoms with Gasteiger partial charge in [-0.3, -0.25) is 19.3 Å². The second-order valence-electron chi connectivity index (χ2n) is 6.15. The molecule has 9 nitrogen and oxygen atoms in total. The minimum absolute atomic E-state index is 0.0816. The van der Waals surface area contributed by atoms with Crippen LogP contribution in [0.5, 0.6) is 11.5 Å². The fraction of sp³-hybridized carbons (Fsp3) is 0.444. The number of ether oxygens (including phenoxy) is 2. The van der Waals surface area contributed by atoms with Crippen molar-refractivity contribution in [3.05, 3.63) is 24.3 Å². The number of rotatable bonds is 6. The van der Waals surface area contributed by atoms with E-state index in [1.165, 1.54) is 4.90 Å². The van der Waals surface area contributed by atoms with Gasteiger partial charge in [0.1, 0.15) is 13.2 Å². The van der Waals surface area contributed by atoms with Crippen LogP contribution in [0, 0.1) is 0 Å². The molecule has 1 atom stereocenters. The van der Waals surface area contributed by atoms with E-state index in [2.05, 4.69) is 0 Å². The first-order chi connectivity index (χ1) is 13.0. The van der Waals surface area contributed by atoms with Crippen molar-refractivity contribution in [2.75, 3.05) is 32.8 Å². The lowest BCUT2D eigenvalue weighted by molar-refractivity contribution is -0.145. The molecule has 0 aliphatic carbocycles. The standard InChI is InChI=1S/C18H21N3O6/c1-3-19(9-12-11-26-13-7-5-6-8-14(13)27-12)15(22)10-21-17(24)16(23)20(4-2)18(21)25/h5-8,12H,3-4,9-11H2,1-2H3/t12-/m0/s1. The predicted octanol–water partition coefficient (Wildman–Crippen LogP) is 0.486. The topological polar surface area (TPSA) is 96.5 Å². The maximum Gasteiger partial charge on any atom is 0.334 e. The Hall–Kier alpha value is -3.10. The highest BCUT2D eigenvalue weighted by atomic mass is 16.6. The van der Waals surface area contributed by atoms with Crippen molar-refractivity contribution in [2.24, 2.45) is 0 Å². The van der Waals surface area contributed by atoms with Gasteiger partial charge in [0.25, 0.3) is 0 Å². The zero-order valence-electron chi connectivity index (χ0n) is 15.2. The number of urea groups is 1. The monoisotopic (exact) mass is 375 g/mol. The molecule has 1 saturated heterocycles. The summed E-state index contributed by atoms with van der Waals surface area (Å²) in [7, 11) is 0. The zero-order chi connectivity index (χ0) is 19.6. The van der Waals surface area contributed by atoms with E-state index < -0.39 is 30.3 Å². The van der Waals surface area contributed by atoms with E-state index >= 15 is 0 Å². The maximum atomic E-state index is 12.6. The number of likely N-dealkylation sites (N-methyl/N-ethyl adjacent to an activating group) is 2. The Bertz CT molecular complexity index is 780. The molecule has 0 bridgehead atoms. The van der Waals surface area contributed by atoms with Crippen LogP contribution in [0.2, 0.25) is 0 Å². The summed E-state index contributed by atoms with van der Waals surface area (Å²) >= 11 is 0. The lowest BCUT2D eigenvalue weighted by Crippen LogP contribution is -2.48. The van der Waals surface area contributed by atoms with Crippen molar-refractivity contribution in [1.82, 2.24) is 14.7 Å². The number of hydrogen-bond donors (Lipinski definition) is 0. The Labute approximate surface area is 156 Å². The second kappa shape index (κ2) is 7.65. The van der Waals surface area contributed by atoms with Gasteiger partial charge < -0.3 is 14.4 Å². The Balaban J connectivity index is 1.63. The fourth-order valence-corrected chi connectivity index (χ4v) is 3.01. The van der Waals surface area contributed by atoms with Crippen LogP contribution in [0.4, 0.5) is 4.79 Å². The third-order valence-electron chi connectivity index (χ3n) is 4.47. The van der Waals surface area contributed by atoms with E-state index in [9.17, 15) is 19.2 Å². The second-order valence-corrected chi connectivity index (χ2v) is 6.15. The summed E-state index contributed by atoms with van der Waals surface area (Å²) in [6.45, 7) is 3.87. The third-order valence-corrected chi connectivity index (χ3v) is 4.47. The Morgan fingerprint density at radius 1 is 1.11 bits per heavy atom. The number of carbonyl (C=O) groups is 4. The zero-order valence-corrected chi connectivity index (χ0v) is 15.2. The summed E-state index contributed by atoms with van der Waals surface area (Å²) in [6, 6.07) is 6.49. The Morgan fingerprint density at radius 3 is 2.41 bits per heavy atom. The van der Waals surface area contributed by atoms with Gasteiger partial charge in [0.15, 0.2) is 17.6 Å². The van der Waals surface area contributed by atoms with Crippen molar-refractivity contribution in [1.29, 1.82) is 0 Å². The van der Waals surface area contributed by atoms with Gasteiger partial charge in [-0.25, -0.2) is 9.69 Å². The van der Waals surface area contributed by atoms with E-state index in [1.54, 1.807) is 26.0 Å². The van der Waals surface area contributed by atoms with Crippen LogP contribution >= 0.6 is 0 Å². The van der Waals surface area contributed by atoms with Crippen LogP contribution in [0.3, 0.4) is 0 Å². The van der Waals surface area contributed by atoms with E-state index in [1.807, 2.05) is 12.1 Å². The molecular weight excluding hydrogens is 354 g/mol. The van der Waals surface area contributed by atoms with Gasteiger partial charge in [0.2, 0.25) is 5.91 Å². The number of para-hydroxylation sites is 2. The van der Waals surface area contributed by atoms with E-state index in [4.69, 9.17) is 9.47 Å². The summed E-state index contributed by atoms with van der Waals surface area (Å²) in [5.41, 5.74) is 0. The fourth-order valence-electron chi connectivity index (χ4n) is 3.01. The molecule has 27 heavy (non-hydrogen) atoms. The number of nitrogens with zero attached hydrogens (tertiary/aromatic N) is 3. The smallest absolute Gasteiger partial charge is 0.334 e. The molecule has 0 aromatic heterocycles. The summed E-state index contributed by atoms with van der Waals surface area (Å²) in [6.07, 6.45) is -0.373. The molecule has 2 heterocycles. The first-order valence-electron chi connectivity index (χ1n) is 8.79. The minimum Gasteiger partial charge on any atom is -0.486 e. The molecule has 2 aliphatic heterocycles. The highest BCUT2D eigenvalue weighted by Crippen LogP contribution is 2.31. The molecule has 2 aliphatic rings. The number of imide groups is 2. The van der Waals surface area contributed by atoms with E-state index in [-0.39, 0.29) is 25.8 Å². The molecule has 1 fully saturated rings. The average Bonchev–Trinajstić information content (AvgIpc) is 2.88. The van der Waals surface area contributed by atoms with E-state index in [0.717, 1.165) is 4.90 Å². The van der Waals surface area contributed by atoms with Crippen LogP contribution in [-0.2, 0) is 14.4 Å². The molecule has 144 valence electrons. The molecule has 5 amide bonds. The van der Waals surface area contributed by atoms with Gasteiger partial charge in [0, 0.05) is 13.1 Å². The van der Waals surface area contributed by atoms with Crippen molar-refractivity contribution >= 4 is 23.8 Å². The summed E-state index contributed by atoms with van der Waals surface area (Å²) in [4.78, 5) is 51.4. The molecular formula is C18H21N3O6. The average molecular weight is 375 g/mol. The van der Waals surface area contributed by atoms with Gasteiger partial charge in [-0.2, -0.15) is 0 Å². The van der Waals surface area contributed by atoms with Crippen molar-refractivity contribution in [3.63, 3.8) is 0 Å². The van der Waals surface area contributed by atoms with E-state index in [0.29, 0.717) is 22.9 Å². The summed E-state index contributed by atoms with van der Waals surface area (Å²) < 4.78 is 11.5. The molecule has 3 rings (SSSR count). The summed E-state index contributed by atoms with van der Waals surface area (Å²) in [5.74, 6) is -1.07. The first-order valence-corrected chi connectivity index (χ1v) is 8.79. The van der Waals surface area contributed by atoms with Crippen molar-refractivity contribution in [3.8, 4) is 11.5 Å². The van der Waals surface area contributed by atoms with Gasteiger partial charge in [0.05, 0.1) is 6.54 Å². The highest BCUT2D eigenvalue weighted by molar-refractivity contribution is 6.45. The van der Waals surface area contributed by atoms with Crippen molar-refractivity contribution < 1.29 is 28.7 Å². The minimum atomic E-state index is -0.975. The molecule has 0 radical (unpaired) electrons. The Morgan fingerprint density at radius 2 is 1.78 bits per heavy atom. The van der Waals surface area contributed by atoms with Gasteiger partial charge in [-0.1, -0.05) is 12.1 Å². The predicted molar refractivity (Wildman–Crippen MR) is 93.1 cm³/mol. The molecule has 1 aromatic rings. The molecule has 0 N–H and O–H groups in total. The lowest BCUT2D eigenvalue weighted by atomic mass is 10.2. The van der Waals surface area contributed by atoms with Gasteiger partial charge in [-0.15, -0.1) is 0 Å². The molecule has 9 heteroatoms. The molecule has 0 saturated carbocycles. The largest absolute Gasteiger partial charge is 0.486 e. The normalized spacial score (nSPS) is 18.9. The van der Waals surface area contributed by atoms with Crippen LogP contribution in [-0.4, -0.2) is 77.3 Å². The van der Waals surface area contributed by atoms with Gasteiger partial charge in [-0.05, 0) is 26.0 Å². The van der Waals surface area contributed by atoms with Crippen LogP contribution in [0.25, 0.3) is 0 Å². The summed E-state index contributed by atoms with van der Waals surface area (Å²) in [5, 5.41) is 0. The molecule has 1 aromatic carbocycles. The molecule has 0 spiro atoms. The molecule has 0 unspecified atom stereocenters. The van der Waals surface area contributed by atoms with Gasteiger partial charge >= 0.3 is 17.8 Å². The Kier molecular flexibility index (Phi) is 5.29.